The van der Waals surface area contributed by atoms with Crippen LogP contribution in [-0.2, 0) is 14.3 Å². The van der Waals surface area contributed by atoms with Gasteiger partial charge in [0.1, 0.15) is 0 Å². The number of rotatable bonds is 3. The SMILES string of the molecule is COC(=O)C(C)=CCN1C(=O)CSC1=O. The number of imide groups is 1. The van der Waals surface area contributed by atoms with Crippen molar-refractivity contribution in [2.45, 2.75) is 6.92 Å². The second-order valence-corrected chi connectivity index (χ2v) is 3.86. The summed E-state index contributed by atoms with van der Waals surface area (Å²) >= 11 is 0.971. The number of methoxy groups -OCH3 is 1. The van der Waals surface area contributed by atoms with Crippen molar-refractivity contribution in [2.24, 2.45) is 0 Å². The standard InChI is InChI=1S/C9H11NO4S/c1-6(8(12)14-2)3-4-10-7(11)5-15-9(10)13/h3H,4-5H2,1-2H3. The maximum absolute atomic E-state index is 11.2. The fourth-order valence-electron chi connectivity index (χ4n) is 1.03. The van der Waals surface area contributed by atoms with Gasteiger partial charge in [0.2, 0.25) is 5.91 Å². The van der Waals surface area contributed by atoms with E-state index in [2.05, 4.69) is 4.74 Å². The maximum atomic E-state index is 11.2. The molecule has 5 nitrogen and oxygen atoms in total. The molecule has 1 saturated heterocycles. The van der Waals surface area contributed by atoms with Crippen LogP contribution in [-0.4, -0.2) is 41.4 Å². The van der Waals surface area contributed by atoms with Crippen molar-refractivity contribution in [2.75, 3.05) is 19.4 Å². The summed E-state index contributed by atoms with van der Waals surface area (Å²) in [5, 5.41) is -0.270. The molecule has 15 heavy (non-hydrogen) atoms. The number of hydrogen-bond acceptors (Lipinski definition) is 5. The molecule has 0 saturated carbocycles. The predicted octanol–water partition coefficient (Wildman–Crippen LogP) is 0.801. The summed E-state index contributed by atoms with van der Waals surface area (Å²) in [6, 6.07) is 0. The van der Waals surface area contributed by atoms with Crippen molar-refractivity contribution in [3.8, 4) is 0 Å². The van der Waals surface area contributed by atoms with E-state index in [1.807, 2.05) is 0 Å². The van der Waals surface area contributed by atoms with Crippen molar-refractivity contribution in [1.82, 2.24) is 4.90 Å². The minimum absolute atomic E-state index is 0.131. The van der Waals surface area contributed by atoms with Gasteiger partial charge < -0.3 is 4.74 Å². The third-order valence-electron chi connectivity index (χ3n) is 1.93. The molecule has 0 N–H and O–H groups in total. The first-order chi connectivity index (χ1) is 7.06. The highest BCUT2D eigenvalue weighted by atomic mass is 32.2. The van der Waals surface area contributed by atoms with E-state index in [-0.39, 0.29) is 23.4 Å². The summed E-state index contributed by atoms with van der Waals surface area (Å²) < 4.78 is 4.48. The van der Waals surface area contributed by atoms with Crippen molar-refractivity contribution in [3.63, 3.8) is 0 Å². The Labute approximate surface area is 91.4 Å². The van der Waals surface area contributed by atoms with Crippen molar-refractivity contribution in [3.05, 3.63) is 11.6 Å². The molecule has 6 heteroatoms. The number of nitrogens with zero attached hydrogens (tertiary/aromatic N) is 1. The molecule has 0 spiro atoms. The highest BCUT2D eigenvalue weighted by Crippen LogP contribution is 2.18. The van der Waals surface area contributed by atoms with Gasteiger partial charge in [-0.25, -0.2) is 4.79 Å². The molecule has 1 aliphatic heterocycles. The molecule has 1 heterocycles. The van der Waals surface area contributed by atoms with E-state index in [4.69, 9.17) is 0 Å². The summed E-state index contributed by atoms with van der Waals surface area (Å²) in [5.41, 5.74) is 0.384. The second kappa shape index (κ2) is 4.97. The fourth-order valence-corrected chi connectivity index (χ4v) is 1.76. The van der Waals surface area contributed by atoms with Gasteiger partial charge in [0.05, 0.1) is 12.9 Å². The second-order valence-electron chi connectivity index (χ2n) is 2.94. The Morgan fingerprint density at radius 2 is 2.27 bits per heavy atom. The first kappa shape index (κ1) is 11.8. The molecule has 1 rings (SSSR count). The van der Waals surface area contributed by atoms with Crippen LogP contribution in [0.15, 0.2) is 11.6 Å². The van der Waals surface area contributed by atoms with Gasteiger partial charge in [0, 0.05) is 12.1 Å². The lowest BCUT2D eigenvalue weighted by molar-refractivity contribution is -0.136. The van der Waals surface area contributed by atoms with Gasteiger partial charge in [0.25, 0.3) is 5.24 Å². The van der Waals surface area contributed by atoms with Gasteiger partial charge in [-0.3, -0.25) is 14.5 Å². The zero-order valence-corrected chi connectivity index (χ0v) is 9.30. The van der Waals surface area contributed by atoms with Crippen LogP contribution in [0, 0.1) is 0 Å². The van der Waals surface area contributed by atoms with Crippen LogP contribution in [0.3, 0.4) is 0 Å². The molecule has 0 aromatic carbocycles. The van der Waals surface area contributed by atoms with Crippen LogP contribution in [0.4, 0.5) is 4.79 Å². The molecule has 0 aromatic heterocycles. The van der Waals surface area contributed by atoms with Gasteiger partial charge >= 0.3 is 5.97 Å². The molecule has 2 amide bonds. The first-order valence-electron chi connectivity index (χ1n) is 4.28. The minimum Gasteiger partial charge on any atom is -0.466 e. The van der Waals surface area contributed by atoms with Gasteiger partial charge in [-0.1, -0.05) is 17.8 Å². The average molecular weight is 229 g/mol. The summed E-state index contributed by atoms with van der Waals surface area (Å²) in [6.07, 6.45) is 1.51. The monoisotopic (exact) mass is 229 g/mol. The van der Waals surface area contributed by atoms with Gasteiger partial charge in [-0.05, 0) is 6.92 Å². The average Bonchev–Trinajstić information content (AvgIpc) is 2.54. The third-order valence-corrected chi connectivity index (χ3v) is 2.79. The molecule has 0 bridgehead atoms. The number of thioether (sulfide) groups is 1. The van der Waals surface area contributed by atoms with E-state index < -0.39 is 5.97 Å². The van der Waals surface area contributed by atoms with E-state index in [0.29, 0.717) is 5.57 Å². The maximum Gasteiger partial charge on any atom is 0.333 e. The lowest BCUT2D eigenvalue weighted by Crippen LogP contribution is -2.29. The van der Waals surface area contributed by atoms with Gasteiger partial charge in [-0.2, -0.15) is 0 Å². The Morgan fingerprint density at radius 1 is 1.60 bits per heavy atom. The van der Waals surface area contributed by atoms with E-state index in [0.717, 1.165) is 16.7 Å². The highest BCUT2D eigenvalue weighted by Gasteiger charge is 2.28. The molecule has 0 radical (unpaired) electrons. The number of carbonyl (C=O) groups excluding carboxylic acids is 3. The Morgan fingerprint density at radius 3 is 2.73 bits per heavy atom. The molecule has 0 atom stereocenters. The fraction of sp³-hybridized carbons (Fsp3) is 0.444. The zero-order chi connectivity index (χ0) is 11.4. The molecule has 0 aromatic rings. The van der Waals surface area contributed by atoms with Crippen LogP contribution < -0.4 is 0 Å². The Balaban J connectivity index is 2.59. The van der Waals surface area contributed by atoms with Crippen molar-refractivity contribution < 1.29 is 19.1 Å². The summed E-state index contributed by atoms with van der Waals surface area (Å²) in [7, 11) is 1.28. The van der Waals surface area contributed by atoms with Crippen LogP contribution >= 0.6 is 11.8 Å². The minimum atomic E-state index is -0.457. The Kier molecular flexibility index (Phi) is 3.90. The molecular weight excluding hydrogens is 218 g/mol. The largest absolute Gasteiger partial charge is 0.466 e. The molecular formula is C9H11NO4S. The number of ether oxygens (including phenoxy) is 1. The molecule has 1 fully saturated rings. The van der Waals surface area contributed by atoms with Crippen LogP contribution in [0.25, 0.3) is 0 Å². The number of esters is 1. The van der Waals surface area contributed by atoms with E-state index in [1.54, 1.807) is 6.92 Å². The Bertz CT molecular complexity index is 321. The lowest BCUT2D eigenvalue weighted by atomic mass is 10.3. The van der Waals surface area contributed by atoms with Crippen molar-refractivity contribution >= 4 is 28.9 Å². The lowest BCUT2D eigenvalue weighted by Gasteiger charge is -2.09. The van der Waals surface area contributed by atoms with E-state index in [9.17, 15) is 14.4 Å². The van der Waals surface area contributed by atoms with Crippen molar-refractivity contribution in [1.29, 1.82) is 0 Å². The molecule has 1 aliphatic rings. The molecule has 82 valence electrons. The number of amides is 2. The van der Waals surface area contributed by atoms with Crippen LogP contribution in [0.5, 0.6) is 0 Å². The molecule has 0 unspecified atom stereocenters. The van der Waals surface area contributed by atoms with E-state index in [1.165, 1.54) is 13.2 Å². The predicted molar refractivity (Wildman–Crippen MR) is 55.3 cm³/mol. The summed E-state index contributed by atoms with van der Waals surface area (Å²) in [4.78, 5) is 34.4. The third kappa shape index (κ3) is 2.82. The zero-order valence-electron chi connectivity index (χ0n) is 8.48. The topological polar surface area (TPSA) is 63.7 Å². The van der Waals surface area contributed by atoms with Crippen LogP contribution in [0.2, 0.25) is 0 Å². The van der Waals surface area contributed by atoms with E-state index >= 15 is 0 Å². The number of carbonyl (C=O) groups is 3. The first-order valence-corrected chi connectivity index (χ1v) is 5.27. The summed E-state index contributed by atoms with van der Waals surface area (Å²) in [5.74, 6) is -0.495. The van der Waals surface area contributed by atoms with Crippen LogP contribution in [0.1, 0.15) is 6.92 Å². The molecule has 0 aliphatic carbocycles. The smallest absolute Gasteiger partial charge is 0.333 e. The van der Waals surface area contributed by atoms with Gasteiger partial charge in [-0.15, -0.1) is 0 Å². The Hall–Kier alpha value is -1.30. The van der Waals surface area contributed by atoms with Gasteiger partial charge in [0.15, 0.2) is 0 Å². The highest BCUT2D eigenvalue weighted by molar-refractivity contribution is 8.14. The summed E-state index contributed by atoms with van der Waals surface area (Å²) in [6.45, 7) is 1.70. The quantitative estimate of drug-likeness (QED) is 0.529. The number of hydrogen-bond donors (Lipinski definition) is 0. The normalized spacial score (nSPS) is 17.2.